The monoisotopic (exact) mass is 297 g/mol. The standard InChI is InChI=1S/C12H12ClN3O2S/c1-7-9(11(17)16-14)5-8(18-7)6-19-12-10(13)3-2-4-15-12/h2-5H,6,14H2,1H3,(H,16,17). The molecule has 0 fully saturated rings. The summed E-state index contributed by atoms with van der Waals surface area (Å²) in [6.45, 7) is 1.71. The highest BCUT2D eigenvalue weighted by molar-refractivity contribution is 7.98. The predicted molar refractivity (Wildman–Crippen MR) is 73.9 cm³/mol. The summed E-state index contributed by atoms with van der Waals surface area (Å²) in [6, 6.07) is 5.21. The molecule has 0 unspecified atom stereocenters. The normalized spacial score (nSPS) is 10.5. The van der Waals surface area contributed by atoms with Crippen molar-refractivity contribution in [3.8, 4) is 0 Å². The van der Waals surface area contributed by atoms with Crippen LogP contribution in [-0.2, 0) is 5.75 Å². The summed E-state index contributed by atoms with van der Waals surface area (Å²) in [4.78, 5) is 15.6. The van der Waals surface area contributed by atoms with E-state index in [1.807, 2.05) is 0 Å². The van der Waals surface area contributed by atoms with E-state index in [0.717, 1.165) is 5.03 Å². The van der Waals surface area contributed by atoms with Crippen LogP contribution in [0.4, 0.5) is 0 Å². The third kappa shape index (κ3) is 3.28. The first kappa shape index (κ1) is 13.9. The zero-order valence-corrected chi connectivity index (χ0v) is 11.7. The van der Waals surface area contributed by atoms with Gasteiger partial charge in [0.1, 0.15) is 16.5 Å². The van der Waals surface area contributed by atoms with Crippen LogP contribution in [0.3, 0.4) is 0 Å². The van der Waals surface area contributed by atoms with Gasteiger partial charge in [-0.3, -0.25) is 10.2 Å². The number of aryl methyl sites for hydroxylation is 1. The van der Waals surface area contributed by atoms with Crippen LogP contribution in [-0.4, -0.2) is 10.9 Å². The maximum Gasteiger partial charge on any atom is 0.268 e. The van der Waals surface area contributed by atoms with Crippen LogP contribution in [0.1, 0.15) is 21.9 Å². The largest absolute Gasteiger partial charge is 0.465 e. The summed E-state index contributed by atoms with van der Waals surface area (Å²) in [6.07, 6.45) is 1.68. The summed E-state index contributed by atoms with van der Waals surface area (Å²) in [5.74, 6) is 6.47. The van der Waals surface area contributed by atoms with Gasteiger partial charge in [0.2, 0.25) is 0 Å². The Morgan fingerprint density at radius 1 is 1.63 bits per heavy atom. The number of carbonyl (C=O) groups excluding carboxylic acids is 1. The quantitative estimate of drug-likeness (QED) is 0.392. The van der Waals surface area contributed by atoms with Gasteiger partial charge in [-0.2, -0.15) is 0 Å². The second-order valence-corrected chi connectivity index (χ2v) is 5.11. The molecule has 0 spiro atoms. The van der Waals surface area contributed by atoms with Crippen molar-refractivity contribution in [3.05, 3.63) is 46.5 Å². The molecule has 1 amide bonds. The molecule has 7 heteroatoms. The van der Waals surface area contributed by atoms with Crippen LogP contribution in [0.25, 0.3) is 0 Å². The maximum atomic E-state index is 11.4. The SMILES string of the molecule is Cc1oc(CSc2ncccc2Cl)cc1C(=O)NN. The maximum absolute atomic E-state index is 11.4. The Kier molecular flexibility index (Phi) is 4.47. The Bertz CT molecular complexity index is 600. The highest BCUT2D eigenvalue weighted by atomic mass is 35.5. The summed E-state index contributed by atoms with van der Waals surface area (Å²) in [7, 11) is 0. The first-order chi connectivity index (χ1) is 9.11. The average molecular weight is 298 g/mol. The smallest absolute Gasteiger partial charge is 0.268 e. The van der Waals surface area contributed by atoms with Crippen molar-refractivity contribution in [2.24, 2.45) is 5.84 Å². The molecule has 2 rings (SSSR count). The number of hydrogen-bond donors (Lipinski definition) is 2. The minimum Gasteiger partial charge on any atom is -0.465 e. The van der Waals surface area contributed by atoms with Crippen LogP contribution >= 0.6 is 23.4 Å². The molecule has 0 saturated heterocycles. The van der Waals surface area contributed by atoms with Gasteiger partial charge in [0.05, 0.1) is 16.3 Å². The summed E-state index contributed by atoms with van der Waals surface area (Å²) >= 11 is 7.45. The molecule has 0 atom stereocenters. The lowest BCUT2D eigenvalue weighted by Gasteiger charge is -2.00. The Hall–Kier alpha value is -1.50. The van der Waals surface area contributed by atoms with Gasteiger partial charge < -0.3 is 4.42 Å². The predicted octanol–water partition coefficient (Wildman–Crippen LogP) is 2.53. The minimum atomic E-state index is -0.367. The van der Waals surface area contributed by atoms with Gasteiger partial charge in [0, 0.05) is 6.20 Å². The molecule has 0 saturated carbocycles. The number of nitrogens with two attached hydrogens (primary N) is 1. The summed E-state index contributed by atoms with van der Waals surface area (Å²) in [5, 5.41) is 1.32. The van der Waals surface area contributed by atoms with Gasteiger partial charge in [0.15, 0.2) is 0 Å². The van der Waals surface area contributed by atoms with Crippen LogP contribution < -0.4 is 11.3 Å². The first-order valence-electron chi connectivity index (χ1n) is 5.45. The Morgan fingerprint density at radius 2 is 2.42 bits per heavy atom. The Labute approximate surface area is 119 Å². The van der Waals surface area contributed by atoms with Gasteiger partial charge in [-0.05, 0) is 25.1 Å². The number of nitrogen functional groups attached to an aromatic ring is 1. The van der Waals surface area contributed by atoms with Crippen LogP contribution in [0, 0.1) is 6.92 Å². The Balaban J connectivity index is 2.09. The van der Waals surface area contributed by atoms with E-state index in [1.165, 1.54) is 11.8 Å². The molecule has 100 valence electrons. The molecule has 2 aromatic rings. The van der Waals surface area contributed by atoms with E-state index in [9.17, 15) is 4.79 Å². The van der Waals surface area contributed by atoms with Gasteiger partial charge >= 0.3 is 0 Å². The van der Waals surface area contributed by atoms with Gasteiger partial charge in [-0.15, -0.1) is 0 Å². The lowest BCUT2D eigenvalue weighted by atomic mass is 10.2. The minimum absolute atomic E-state index is 0.367. The van der Waals surface area contributed by atoms with Gasteiger partial charge in [-0.1, -0.05) is 23.4 Å². The lowest BCUT2D eigenvalue weighted by molar-refractivity contribution is 0.0952. The fraction of sp³-hybridized carbons (Fsp3) is 0.167. The van der Waals surface area contributed by atoms with Crippen molar-refractivity contribution in [1.82, 2.24) is 10.4 Å². The Morgan fingerprint density at radius 3 is 3.11 bits per heavy atom. The van der Waals surface area contributed by atoms with Crippen molar-refractivity contribution in [2.45, 2.75) is 17.7 Å². The van der Waals surface area contributed by atoms with E-state index in [2.05, 4.69) is 10.4 Å². The molecule has 0 aliphatic rings. The number of aromatic nitrogens is 1. The molecule has 2 heterocycles. The number of halogens is 1. The van der Waals surface area contributed by atoms with Crippen molar-refractivity contribution < 1.29 is 9.21 Å². The third-order valence-corrected chi connectivity index (χ3v) is 3.87. The number of hydrogen-bond acceptors (Lipinski definition) is 5. The molecule has 0 aliphatic carbocycles. The second-order valence-electron chi connectivity index (χ2n) is 3.74. The van der Waals surface area contributed by atoms with E-state index in [-0.39, 0.29) is 5.91 Å². The lowest BCUT2D eigenvalue weighted by Crippen LogP contribution is -2.30. The first-order valence-corrected chi connectivity index (χ1v) is 6.81. The number of furan rings is 1. The highest BCUT2D eigenvalue weighted by Crippen LogP contribution is 2.28. The summed E-state index contributed by atoms with van der Waals surface area (Å²) in [5.41, 5.74) is 2.51. The van der Waals surface area contributed by atoms with E-state index >= 15 is 0 Å². The van der Waals surface area contributed by atoms with Crippen molar-refractivity contribution in [1.29, 1.82) is 0 Å². The molecular formula is C12H12ClN3O2S. The fourth-order valence-electron chi connectivity index (χ4n) is 1.53. The zero-order chi connectivity index (χ0) is 13.8. The van der Waals surface area contributed by atoms with E-state index in [4.69, 9.17) is 21.9 Å². The number of nitrogens with zero attached hydrogens (tertiary/aromatic N) is 1. The molecule has 3 N–H and O–H groups in total. The van der Waals surface area contributed by atoms with Gasteiger partial charge in [-0.25, -0.2) is 10.8 Å². The molecule has 0 aliphatic heterocycles. The highest BCUT2D eigenvalue weighted by Gasteiger charge is 2.14. The second kappa shape index (κ2) is 6.10. The van der Waals surface area contributed by atoms with Crippen LogP contribution in [0.2, 0.25) is 5.02 Å². The number of nitrogens with one attached hydrogen (secondary N) is 1. The van der Waals surface area contributed by atoms with Crippen molar-refractivity contribution >= 4 is 29.3 Å². The average Bonchev–Trinajstić information content (AvgIpc) is 2.78. The van der Waals surface area contributed by atoms with Crippen LogP contribution in [0.5, 0.6) is 0 Å². The molecular weight excluding hydrogens is 286 g/mol. The number of hydrazine groups is 1. The third-order valence-electron chi connectivity index (χ3n) is 2.42. The number of amides is 1. The number of thioether (sulfide) groups is 1. The zero-order valence-electron chi connectivity index (χ0n) is 10.1. The molecule has 2 aromatic heterocycles. The number of carbonyl (C=O) groups is 1. The van der Waals surface area contributed by atoms with Gasteiger partial charge in [0.25, 0.3) is 5.91 Å². The molecule has 0 bridgehead atoms. The van der Waals surface area contributed by atoms with Crippen molar-refractivity contribution in [2.75, 3.05) is 0 Å². The number of rotatable bonds is 4. The van der Waals surface area contributed by atoms with Crippen LogP contribution in [0.15, 0.2) is 33.8 Å². The number of pyridine rings is 1. The molecule has 5 nitrogen and oxygen atoms in total. The van der Waals surface area contributed by atoms with E-state index in [0.29, 0.717) is 27.9 Å². The van der Waals surface area contributed by atoms with E-state index < -0.39 is 0 Å². The molecule has 0 aromatic carbocycles. The fourth-order valence-corrected chi connectivity index (χ4v) is 2.58. The topological polar surface area (TPSA) is 81.2 Å². The van der Waals surface area contributed by atoms with E-state index in [1.54, 1.807) is 31.3 Å². The molecule has 0 radical (unpaired) electrons. The van der Waals surface area contributed by atoms with Crippen molar-refractivity contribution in [3.63, 3.8) is 0 Å². The molecule has 19 heavy (non-hydrogen) atoms. The summed E-state index contributed by atoms with van der Waals surface area (Å²) < 4.78 is 5.49.